The third-order valence-corrected chi connectivity index (χ3v) is 4.88. The van der Waals surface area contributed by atoms with Crippen molar-refractivity contribution < 1.29 is 19.0 Å². The van der Waals surface area contributed by atoms with Gasteiger partial charge < -0.3 is 24.1 Å². The maximum absolute atomic E-state index is 12.4. The van der Waals surface area contributed by atoms with Crippen molar-refractivity contribution in [1.29, 1.82) is 0 Å². The van der Waals surface area contributed by atoms with Crippen LogP contribution in [0.25, 0.3) is 0 Å². The van der Waals surface area contributed by atoms with Crippen LogP contribution in [0.5, 0.6) is 17.2 Å². The Balaban J connectivity index is 1.41. The number of nitrogens with one attached hydrogen (secondary N) is 1. The summed E-state index contributed by atoms with van der Waals surface area (Å²) in [5.41, 5.74) is 1.47. The maximum Gasteiger partial charge on any atom is 0.223 e. The molecule has 0 spiro atoms. The number of carbonyl (C=O) groups is 1. The van der Waals surface area contributed by atoms with E-state index in [1.54, 1.807) is 17.9 Å². The Labute approximate surface area is 187 Å². The molecule has 7 heteroatoms. The van der Waals surface area contributed by atoms with Gasteiger partial charge in [0.1, 0.15) is 18.1 Å². The molecule has 0 saturated heterocycles. The summed E-state index contributed by atoms with van der Waals surface area (Å²) in [6.07, 6.45) is 2.57. The van der Waals surface area contributed by atoms with Crippen LogP contribution in [0.4, 0.5) is 0 Å². The van der Waals surface area contributed by atoms with Crippen LogP contribution in [0.2, 0.25) is 0 Å². The molecule has 32 heavy (non-hydrogen) atoms. The van der Waals surface area contributed by atoms with Crippen molar-refractivity contribution in [2.75, 3.05) is 13.7 Å². The number of hydrogen-bond acceptors (Lipinski definition) is 5. The lowest BCUT2D eigenvalue weighted by Crippen LogP contribution is -2.26. The number of methoxy groups -OCH3 is 1. The average molecular weight is 437 g/mol. The molecule has 3 aromatic rings. The van der Waals surface area contributed by atoms with E-state index in [1.807, 2.05) is 61.6 Å². The topological polar surface area (TPSA) is 78.8 Å². The van der Waals surface area contributed by atoms with Crippen LogP contribution in [0, 0.1) is 0 Å². The maximum atomic E-state index is 12.4. The highest BCUT2D eigenvalue weighted by atomic mass is 16.5. The van der Waals surface area contributed by atoms with Crippen molar-refractivity contribution in [1.82, 2.24) is 9.88 Å². The third kappa shape index (κ3) is 6.91. The molecule has 1 amide bonds. The highest BCUT2D eigenvalue weighted by Gasteiger charge is 2.08. The van der Waals surface area contributed by atoms with Crippen LogP contribution in [0.3, 0.4) is 0 Å². The number of pyridine rings is 1. The number of ether oxygens (including phenoxy) is 3. The second-order valence-electron chi connectivity index (χ2n) is 7.28. The van der Waals surface area contributed by atoms with E-state index in [4.69, 9.17) is 14.2 Å². The fraction of sp³-hybridized carbons (Fsp3) is 0.280. The molecular weight excluding hydrogens is 408 g/mol. The minimum atomic E-state index is -0.212. The van der Waals surface area contributed by atoms with Gasteiger partial charge in [-0.25, -0.2) is 0 Å². The van der Waals surface area contributed by atoms with Gasteiger partial charge in [0.2, 0.25) is 11.3 Å². The van der Waals surface area contributed by atoms with E-state index in [0.29, 0.717) is 31.7 Å². The summed E-state index contributed by atoms with van der Waals surface area (Å²) in [7, 11) is 3.43. The first-order valence-corrected chi connectivity index (χ1v) is 10.4. The first-order valence-electron chi connectivity index (χ1n) is 10.4. The summed E-state index contributed by atoms with van der Waals surface area (Å²) in [5, 5.41) is 2.85. The quantitative estimate of drug-likeness (QED) is 0.466. The van der Waals surface area contributed by atoms with E-state index >= 15 is 0 Å². The Morgan fingerprint density at radius 2 is 1.72 bits per heavy atom. The molecule has 168 valence electrons. The predicted octanol–water partition coefficient (Wildman–Crippen LogP) is 3.45. The molecule has 7 nitrogen and oxygen atoms in total. The van der Waals surface area contributed by atoms with Crippen molar-refractivity contribution >= 4 is 5.91 Å². The van der Waals surface area contributed by atoms with Crippen molar-refractivity contribution in [3.8, 4) is 17.2 Å². The molecule has 0 aliphatic rings. The second-order valence-corrected chi connectivity index (χ2v) is 7.28. The number of aromatic nitrogens is 1. The smallest absolute Gasteiger partial charge is 0.223 e. The fourth-order valence-corrected chi connectivity index (χ4v) is 3.04. The van der Waals surface area contributed by atoms with Crippen LogP contribution in [0.1, 0.15) is 24.1 Å². The number of rotatable bonds is 11. The zero-order chi connectivity index (χ0) is 22.8. The molecule has 0 saturated carbocycles. The Hall–Kier alpha value is -3.74. The summed E-state index contributed by atoms with van der Waals surface area (Å²) < 4.78 is 18.2. The monoisotopic (exact) mass is 436 g/mol. The van der Waals surface area contributed by atoms with E-state index in [1.165, 1.54) is 6.07 Å². The summed E-state index contributed by atoms with van der Waals surface area (Å²) in [6.45, 7) is 1.03. The van der Waals surface area contributed by atoms with Gasteiger partial charge in [-0.2, -0.15) is 0 Å². The van der Waals surface area contributed by atoms with Gasteiger partial charge in [-0.1, -0.05) is 30.3 Å². The number of nitrogens with zero attached hydrogens (tertiary/aromatic N) is 1. The van der Waals surface area contributed by atoms with Gasteiger partial charge in [0.15, 0.2) is 5.75 Å². The van der Waals surface area contributed by atoms with Gasteiger partial charge in [0.05, 0.1) is 26.5 Å². The molecule has 0 fully saturated rings. The number of carbonyl (C=O) groups excluding carboxylic acids is 1. The van der Waals surface area contributed by atoms with E-state index in [2.05, 4.69) is 5.32 Å². The number of hydrogen-bond donors (Lipinski definition) is 1. The standard InChI is InChI=1S/C25H28N2O5/c1-27-17-24(32-18-19-7-4-3-5-8-19)23(28)15-20(27)16-26-25(29)9-6-14-31-22-12-10-21(30-2)11-13-22/h3-5,7-8,10-13,15,17H,6,9,14,16,18H2,1-2H3,(H,26,29). The normalized spacial score (nSPS) is 10.4. The van der Waals surface area contributed by atoms with Gasteiger partial charge in [0.25, 0.3) is 0 Å². The minimum absolute atomic E-state index is 0.0971. The Bertz CT molecular complexity index is 1060. The van der Waals surface area contributed by atoms with Gasteiger partial charge in [0, 0.05) is 25.2 Å². The number of amides is 1. The average Bonchev–Trinajstić information content (AvgIpc) is 2.82. The molecule has 1 aromatic heterocycles. The molecule has 1 N–H and O–H groups in total. The molecule has 2 aromatic carbocycles. The highest BCUT2D eigenvalue weighted by Crippen LogP contribution is 2.17. The largest absolute Gasteiger partial charge is 0.497 e. The van der Waals surface area contributed by atoms with Crippen LogP contribution >= 0.6 is 0 Å². The SMILES string of the molecule is COc1ccc(OCCCC(=O)NCc2cc(=O)c(OCc3ccccc3)cn2C)cc1. The van der Waals surface area contributed by atoms with Gasteiger partial charge in [-0.3, -0.25) is 9.59 Å². The highest BCUT2D eigenvalue weighted by molar-refractivity contribution is 5.75. The summed E-state index contributed by atoms with van der Waals surface area (Å²) in [5.74, 6) is 1.68. The zero-order valence-electron chi connectivity index (χ0n) is 18.4. The summed E-state index contributed by atoms with van der Waals surface area (Å²) in [4.78, 5) is 24.5. The Morgan fingerprint density at radius 3 is 2.44 bits per heavy atom. The molecule has 3 rings (SSSR count). The van der Waals surface area contributed by atoms with Gasteiger partial charge in [-0.05, 0) is 36.2 Å². The minimum Gasteiger partial charge on any atom is -0.497 e. The molecular formula is C25H28N2O5. The molecule has 0 unspecified atom stereocenters. The van der Waals surface area contributed by atoms with E-state index in [0.717, 1.165) is 17.1 Å². The number of benzene rings is 2. The van der Waals surface area contributed by atoms with Gasteiger partial charge >= 0.3 is 0 Å². The molecule has 0 aliphatic carbocycles. The van der Waals surface area contributed by atoms with E-state index in [-0.39, 0.29) is 23.6 Å². The van der Waals surface area contributed by atoms with Gasteiger partial charge in [-0.15, -0.1) is 0 Å². The fourth-order valence-electron chi connectivity index (χ4n) is 3.04. The molecule has 1 heterocycles. The summed E-state index contributed by atoms with van der Waals surface area (Å²) in [6, 6.07) is 18.5. The molecule has 0 atom stereocenters. The first kappa shape index (κ1) is 22.9. The lowest BCUT2D eigenvalue weighted by molar-refractivity contribution is -0.121. The van der Waals surface area contributed by atoms with Crippen molar-refractivity contribution in [2.24, 2.45) is 7.05 Å². The third-order valence-electron chi connectivity index (χ3n) is 4.88. The van der Waals surface area contributed by atoms with Crippen molar-refractivity contribution in [3.05, 3.63) is 88.3 Å². The van der Waals surface area contributed by atoms with Crippen molar-refractivity contribution in [3.63, 3.8) is 0 Å². The summed E-state index contributed by atoms with van der Waals surface area (Å²) >= 11 is 0. The lowest BCUT2D eigenvalue weighted by atomic mass is 10.2. The second kappa shape index (κ2) is 11.6. The molecule has 0 aliphatic heterocycles. The number of aryl methyl sites for hydroxylation is 1. The van der Waals surface area contributed by atoms with Crippen LogP contribution in [-0.4, -0.2) is 24.2 Å². The van der Waals surface area contributed by atoms with Crippen LogP contribution in [-0.2, 0) is 25.0 Å². The predicted molar refractivity (Wildman–Crippen MR) is 122 cm³/mol. The van der Waals surface area contributed by atoms with Crippen LogP contribution < -0.4 is 25.0 Å². The molecule has 0 radical (unpaired) electrons. The first-order chi connectivity index (χ1) is 15.5. The van der Waals surface area contributed by atoms with E-state index in [9.17, 15) is 9.59 Å². The Morgan fingerprint density at radius 1 is 1.00 bits per heavy atom. The van der Waals surface area contributed by atoms with E-state index < -0.39 is 0 Å². The Kier molecular flexibility index (Phi) is 8.31. The van der Waals surface area contributed by atoms with Crippen molar-refractivity contribution in [2.45, 2.75) is 26.0 Å². The lowest BCUT2D eigenvalue weighted by Gasteiger charge is -2.13. The zero-order valence-corrected chi connectivity index (χ0v) is 18.4. The van der Waals surface area contributed by atoms with Crippen LogP contribution in [0.15, 0.2) is 71.7 Å². The molecule has 0 bridgehead atoms.